The smallest absolute Gasteiger partial charge is 0.248 e. The van der Waals surface area contributed by atoms with Gasteiger partial charge < -0.3 is 0 Å². The summed E-state index contributed by atoms with van der Waals surface area (Å²) in [5, 5.41) is 3.98. The summed E-state index contributed by atoms with van der Waals surface area (Å²) in [6.07, 6.45) is 6.15. The molecule has 7 heteroatoms. The van der Waals surface area contributed by atoms with E-state index in [2.05, 4.69) is 20.1 Å². The number of halogens is 1. The monoisotopic (exact) mass is 210 g/mol. The van der Waals surface area contributed by atoms with E-state index >= 15 is 0 Å². The van der Waals surface area contributed by atoms with Gasteiger partial charge in [0.2, 0.25) is 5.95 Å². The molecule has 0 saturated heterocycles. The Morgan fingerprint density at radius 3 is 2.64 bits per heavy atom. The zero-order chi connectivity index (χ0) is 9.97. The highest BCUT2D eigenvalue weighted by Crippen LogP contribution is 2.21. The zero-order valence-electron chi connectivity index (χ0n) is 7.37. The van der Waals surface area contributed by atoms with Crippen molar-refractivity contribution in [2.75, 3.05) is 4.42 Å². The van der Waals surface area contributed by atoms with E-state index < -0.39 is 0 Å². The van der Waals surface area contributed by atoms with Crippen LogP contribution >= 0.6 is 11.8 Å². The summed E-state index contributed by atoms with van der Waals surface area (Å²) >= 11 is 5.97. The molecular formula is C7H7ClN6. The van der Waals surface area contributed by atoms with Crippen molar-refractivity contribution in [2.24, 2.45) is 7.05 Å². The lowest BCUT2D eigenvalue weighted by atomic mass is 10.6. The van der Waals surface area contributed by atoms with Crippen LogP contribution in [0.5, 0.6) is 0 Å². The molecule has 0 radical (unpaired) electrons. The van der Waals surface area contributed by atoms with Crippen molar-refractivity contribution in [3.05, 3.63) is 25.0 Å². The predicted octanol–water partition coefficient (Wildman–Crippen LogP) is 0.897. The summed E-state index contributed by atoms with van der Waals surface area (Å²) in [6.45, 7) is 0. The van der Waals surface area contributed by atoms with E-state index in [1.165, 1.54) is 17.1 Å². The molecule has 0 amide bonds. The van der Waals surface area contributed by atoms with Gasteiger partial charge in [0.1, 0.15) is 12.7 Å². The Bertz CT molecular complexity index is 413. The third-order valence-corrected chi connectivity index (χ3v) is 1.92. The average molecular weight is 211 g/mol. The third-order valence-electron chi connectivity index (χ3n) is 1.57. The van der Waals surface area contributed by atoms with Crippen molar-refractivity contribution < 1.29 is 0 Å². The van der Waals surface area contributed by atoms with Crippen LogP contribution < -0.4 is 4.42 Å². The van der Waals surface area contributed by atoms with Gasteiger partial charge in [0.25, 0.3) is 0 Å². The van der Waals surface area contributed by atoms with Crippen molar-refractivity contribution in [3.63, 3.8) is 0 Å². The molecule has 0 aliphatic carbocycles. The summed E-state index contributed by atoms with van der Waals surface area (Å²) in [5.41, 5.74) is 0.709. The van der Waals surface area contributed by atoms with E-state index in [0.29, 0.717) is 11.6 Å². The van der Waals surface area contributed by atoms with Gasteiger partial charge in [-0.2, -0.15) is 15.1 Å². The van der Waals surface area contributed by atoms with E-state index in [1.54, 1.807) is 17.1 Å². The summed E-state index contributed by atoms with van der Waals surface area (Å²) in [6, 6.07) is 0. The van der Waals surface area contributed by atoms with Gasteiger partial charge in [-0.3, -0.25) is 4.68 Å². The highest BCUT2D eigenvalue weighted by atomic mass is 35.5. The first-order valence-corrected chi connectivity index (χ1v) is 4.18. The molecule has 0 aromatic carbocycles. The maximum Gasteiger partial charge on any atom is 0.248 e. The van der Waals surface area contributed by atoms with Crippen LogP contribution in [0.2, 0.25) is 0 Å². The van der Waals surface area contributed by atoms with E-state index in [0.717, 1.165) is 0 Å². The summed E-state index contributed by atoms with van der Waals surface area (Å²) in [7, 11) is 1.81. The fraction of sp³-hybridized carbons (Fsp3) is 0.143. The van der Waals surface area contributed by atoms with E-state index in [4.69, 9.17) is 11.8 Å². The molecule has 0 saturated carbocycles. The Balaban J connectivity index is 2.29. The van der Waals surface area contributed by atoms with Crippen LogP contribution in [0.3, 0.4) is 0 Å². The minimum atomic E-state index is 0.370. The predicted molar refractivity (Wildman–Crippen MR) is 51.0 cm³/mol. The van der Waals surface area contributed by atoms with Gasteiger partial charge >= 0.3 is 0 Å². The molecule has 0 aliphatic heterocycles. The first-order chi connectivity index (χ1) is 6.77. The molecule has 0 N–H and O–H groups in total. The Morgan fingerprint density at radius 1 is 1.36 bits per heavy atom. The largest absolute Gasteiger partial charge is 0.274 e. The maximum absolute atomic E-state index is 5.97. The summed E-state index contributed by atoms with van der Waals surface area (Å²) in [5.74, 6) is 0.370. The SMILES string of the molecule is Cn1cc(N(Cl)c2ncncn2)cn1. The first kappa shape index (κ1) is 8.89. The second-order valence-corrected chi connectivity index (χ2v) is 2.93. The minimum absolute atomic E-state index is 0.370. The van der Waals surface area contributed by atoms with Crippen LogP contribution in [-0.4, -0.2) is 24.7 Å². The Morgan fingerprint density at radius 2 is 2.07 bits per heavy atom. The van der Waals surface area contributed by atoms with Crippen LogP contribution in [0.1, 0.15) is 0 Å². The molecule has 2 aromatic heterocycles. The van der Waals surface area contributed by atoms with Crippen molar-refractivity contribution in [3.8, 4) is 0 Å². The van der Waals surface area contributed by atoms with Crippen LogP contribution in [-0.2, 0) is 7.05 Å². The lowest BCUT2D eigenvalue weighted by Gasteiger charge is -2.08. The fourth-order valence-corrected chi connectivity index (χ4v) is 1.13. The van der Waals surface area contributed by atoms with E-state index in [1.807, 2.05) is 7.05 Å². The van der Waals surface area contributed by atoms with E-state index in [-0.39, 0.29) is 0 Å². The number of hydrogen-bond donors (Lipinski definition) is 0. The average Bonchev–Trinajstić information content (AvgIpc) is 2.65. The minimum Gasteiger partial charge on any atom is -0.274 e. The molecule has 2 rings (SSSR count). The van der Waals surface area contributed by atoms with Crippen LogP contribution in [0.15, 0.2) is 25.0 Å². The zero-order valence-corrected chi connectivity index (χ0v) is 8.13. The molecule has 0 bridgehead atoms. The molecule has 0 fully saturated rings. The third kappa shape index (κ3) is 1.64. The topological polar surface area (TPSA) is 59.7 Å². The number of rotatable bonds is 2. The standard InChI is InChI=1S/C7H7ClN6/c1-13-3-6(2-12-13)14(8)7-10-4-9-5-11-7/h2-5H,1H3. The summed E-state index contributed by atoms with van der Waals surface area (Å²) in [4.78, 5) is 11.5. The Kier molecular flexibility index (Phi) is 2.28. The number of nitrogens with zero attached hydrogens (tertiary/aromatic N) is 6. The molecule has 0 unspecified atom stereocenters. The van der Waals surface area contributed by atoms with Crippen molar-refractivity contribution in [1.29, 1.82) is 0 Å². The summed E-state index contributed by atoms with van der Waals surface area (Å²) < 4.78 is 2.96. The molecule has 0 aliphatic rings. The van der Waals surface area contributed by atoms with E-state index in [9.17, 15) is 0 Å². The molecule has 0 atom stereocenters. The van der Waals surface area contributed by atoms with Crippen LogP contribution in [0, 0.1) is 0 Å². The van der Waals surface area contributed by atoms with Crippen molar-refractivity contribution in [1.82, 2.24) is 24.7 Å². The molecule has 6 nitrogen and oxygen atoms in total. The molecule has 0 spiro atoms. The number of aryl methyl sites for hydroxylation is 1. The molecule has 72 valence electrons. The van der Waals surface area contributed by atoms with Crippen LogP contribution in [0.25, 0.3) is 0 Å². The van der Waals surface area contributed by atoms with Gasteiger partial charge in [-0.1, -0.05) is 0 Å². The molecule has 2 aromatic rings. The number of hydrogen-bond acceptors (Lipinski definition) is 5. The van der Waals surface area contributed by atoms with Gasteiger partial charge in [0, 0.05) is 25.0 Å². The lowest BCUT2D eigenvalue weighted by Crippen LogP contribution is -2.05. The molecule has 14 heavy (non-hydrogen) atoms. The second kappa shape index (κ2) is 3.59. The highest BCUT2D eigenvalue weighted by Gasteiger charge is 2.10. The van der Waals surface area contributed by atoms with Gasteiger partial charge in [0.15, 0.2) is 0 Å². The quantitative estimate of drug-likeness (QED) is 0.690. The highest BCUT2D eigenvalue weighted by molar-refractivity contribution is 6.28. The van der Waals surface area contributed by atoms with Gasteiger partial charge in [-0.25, -0.2) is 9.40 Å². The Labute approximate surface area is 85.3 Å². The molecule has 2 heterocycles. The van der Waals surface area contributed by atoms with Crippen molar-refractivity contribution in [2.45, 2.75) is 0 Å². The van der Waals surface area contributed by atoms with Gasteiger partial charge in [0.05, 0.1) is 11.9 Å². The first-order valence-electron chi connectivity index (χ1n) is 3.84. The van der Waals surface area contributed by atoms with Crippen LogP contribution in [0.4, 0.5) is 11.6 Å². The van der Waals surface area contributed by atoms with Gasteiger partial charge in [-0.05, 0) is 0 Å². The van der Waals surface area contributed by atoms with Gasteiger partial charge in [-0.15, -0.1) is 0 Å². The number of aromatic nitrogens is 5. The maximum atomic E-state index is 5.97. The number of anilines is 2. The molecular weight excluding hydrogens is 204 g/mol. The lowest BCUT2D eigenvalue weighted by molar-refractivity contribution is 0.768. The van der Waals surface area contributed by atoms with Crippen molar-refractivity contribution >= 4 is 23.4 Å². The fourth-order valence-electron chi connectivity index (χ4n) is 0.960. The normalized spacial score (nSPS) is 10.1. The second-order valence-electron chi connectivity index (χ2n) is 2.59. The Hall–Kier alpha value is -1.69.